The first kappa shape index (κ1) is 17.9. The van der Waals surface area contributed by atoms with Crippen molar-refractivity contribution in [3.63, 3.8) is 0 Å². The van der Waals surface area contributed by atoms with Crippen LogP contribution in [-0.4, -0.2) is 18.2 Å². The van der Waals surface area contributed by atoms with Gasteiger partial charge in [0.25, 0.3) is 5.76 Å². The Morgan fingerprint density at radius 3 is 2.38 bits per heavy atom. The normalized spacial score (nSPS) is 12.7. The van der Waals surface area contributed by atoms with Crippen molar-refractivity contribution < 1.29 is 13.6 Å². The number of hydrogen-bond donors (Lipinski definition) is 2. The van der Waals surface area contributed by atoms with E-state index in [1.165, 1.54) is 0 Å². The van der Waals surface area contributed by atoms with Crippen LogP contribution in [0.5, 0.6) is 0 Å². The number of alkyl halides is 2. The van der Waals surface area contributed by atoms with Gasteiger partial charge in [-0.25, -0.2) is 0 Å². The van der Waals surface area contributed by atoms with Crippen LogP contribution in [0.2, 0.25) is 0 Å². The monoisotopic (exact) mass is 316 g/mol. The van der Waals surface area contributed by atoms with Crippen LogP contribution in [0, 0.1) is 11.8 Å². The number of hydrogen-bond acceptors (Lipinski definition) is 3. The highest BCUT2D eigenvalue weighted by Gasteiger charge is 2.14. The highest BCUT2D eigenvalue weighted by Crippen LogP contribution is 2.26. The fourth-order valence-electron chi connectivity index (χ4n) is 2.12. The number of thioether (sulfide) groups is 1. The topological polar surface area (TPSA) is 55.1 Å². The van der Waals surface area contributed by atoms with Crippen molar-refractivity contribution in [2.45, 2.75) is 37.3 Å². The molecule has 0 fully saturated rings. The summed E-state index contributed by atoms with van der Waals surface area (Å²) in [6, 6.07) is 6.40. The van der Waals surface area contributed by atoms with Crippen molar-refractivity contribution in [3.8, 4) is 0 Å². The molecule has 0 aromatic heterocycles. The van der Waals surface area contributed by atoms with Gasteiger partial charge in [0.2, 0.25) is 5.91 Å². The maximum Gasteiger partial charge on any atom is 0.288 e. The van der Waals surface area contributed by atoms with E-state index in [0.29, 0.717) is 41.2 Å². The van der Waals surface area contributed by atoms with Crippen molar-refractivity contribution in [2.24, 2.45) is 17.6 Å². The molecule has 0 saturated carbocycles. The molecule has 1 aromatic rings. The average Bonchev–Trinajstić information content (AvgIpc) is 2.39. The number of benzene rings is 1. The molecule has 0 saturated heterocycles. The van der Waals surface area contributed by atoms with Gasteiger partial charge >= 0.3 is 0 Å². The van der Waals surface area contributed by atoms with Gasteiger partial charge in [-0.15, -0.1) is 0 Å². The number of halogens is 2. The SMILES string of the molecule is CC(C)C[C@H](CN)CC(=O)Nc1ccc(SC(F)F)cc1. The molecule has 0 aliphatic rings. The van der Waals surface area contributed by atoms with Crippen molar-refractivity contribution in [1.29, 1.82) is 0 Å². The smallest absolute Gasteiger partial charge is 0.288 e. The minimum atomic E-state index is -2.44. The van der Waals surface area contributed by atoms with Gasteiger partial charge in [0.1, 0.15) is 0 Å². The van der Waals surface area contributed by atoms with E-state index in [1.54, 1.807) is 24.3 Å². The number of amides is 1. The zero-order valence-electron chi connectivity index (χ0n) is 12.3. The molecule has 0 radical (unpaired) electrons. The molecule has 118 valence electrons. The predicted molar refractivity (Wildman–Crippen MR) is 83.5 cm³/mol. The molecule has 1 aromatic carbocycles. The molecule has 0 bridgehead atoms. The van der Waals surface area contributed by atoms with Crippen LogP contribution in [0.3, 0.4) is 0 Å². The molecule has 1 atom stereocenters. The number of nitrogens with two attached hydrogens (primary N) is 1. The average molecular weight is 316 g/mol. The van der Waals surface area contributed by atoms with Gasteiger partial charge in [0, 0.05) is 17.0 Å². The summed E-state index contributed by atoms with van der Waals surface area (Å²) in [4.78, 5) is 12.4. The molecular weight excluding hydrogens is 294 g/mol. The Kier molecular flexibility index (Phi) is 7.67. The van der Waals surface area contributed by atoms with E-state index in [9.17, 15) is 13.6 Å². The van der Waals surface area contributed by atoms with Crippen molar-refractivity contribution in [1.82, 2.24) is 0 Å². The maximum atomic E-state index is 12.2. The third-order valence-electron chi connectivity index (χ3n) is 2.98. The largest absolute Gasteiger partial charge is 0.330 e. The van der Waals surface area contributed by atoms with Gasteiger partial charge in [-0.3, -0.25) is 4.79 Å². The molecular formula is C15H22F2N2OS. The summed E-state index contributed by atoms with van der Waals surface area (Å²) >= 11 is 0.485. The summed E-state index contributed by atoms with van der Waals surface area (Å²) in [7, 11) is 0. The van der Waals surface area contributed by atoms with E-state index in [-0.39, 0.29) is 11.8 Å². The van der Waals surface area contributed by atoms with Crippen molar-refractivity contribution >= 4 is 23.4 Å². The van der Waals surface area contributed by atoms with E-state index in [2.05, 4.69) is 19.2 Å². The van der Waals surface area contributed by atoms with E-state index in [1.807, 2.05) is 0 Å². The molecule has 0 aliphatic heterocycles. The Hall–Kier alpha value is -1.14. The number of anilines is 1. The predicted octanol–water partition coefficient (Wildman–Crippen LogP) is 3.95. The summed E-state index contributed by atoms with van der Waals surface area (Å²) < 4.78 is 24.4. The zero-order chi connectivity index (χ0) is 15.8. The second-order valence-corrected chi connectivity index (χ2v) is 6.45. The van der Waals surface area contributed by atoms with Crippen molar-refractivity contribution in [3.05, 3.63) is 24.3 Å². The van der Waals surface area contributed by atoms with Gasteiger partial charge in [0.15, 0.2) is 0 Å². The summed E-state index contributed by atoms with van der Waals surface area (Å²) in [6.45, 7) is 4.68. The lowest BCUT2D eigenvalue weighted by molar-refractivity contribution is -0.117. The minimum absolute atomic E-state index is 0.0969. The van der Waals surface area contributed by atoms with E-state index in [4.69, 9.17) is 5.73 Å². The molecule has 6 heteroatoms. The van der Waals surface area contributed by atoms with Crippen LogP contribution in [0.4, 0.5) is 14.5 Å². The van der Waals surface area contributed by atoms with Crippen LogP contribution in [-0.2, 0) is 4.79 Å². The molecule has 1 rings (SSSR count). The molecule has 0 spiro atoms. The van der Waals surface area contributed by atoms with Crippen LogP contribution in [0.15, 0.2) is 29.2 Å². The molecule has 3 N–H and O–H groups in total. The first-order valence-electron chi connectivity index (χ1n) is 6.95. The van der Waals surface area contributed by atoms with Gasteiger partial charge in [0.05, 0.1) is 0 Å². The molecule has 3 nitrogen and oxygen atoms in total. The number of carbonyl (C=O) groups excluding carboxylic acids is 1. The van der Waals surface area contributed by atoms with E-state index >= 15 is 0 Å². The van der Waals surface area contributed by atoms with Gasteiger partial charge in [-0.2, -0.15) is 8.78 Å². The molecule has 0 heterocycles. The summed E-state index contributed by atoms with van der Waals surface area (Å²) in [5.41, 5.74) is 6.29. The number of carbonyl (C=O) groups is 1. The first-order valence-corrected chi connectivity index (χ1v) is 7.83. The van der Waals surface area contributed by atoms with Crippen LogP contribution in [0.25, 0.3) is 0 Å². The Labute approximate surface area is 128 Å². The summed E-state index contributed by atoms with van der Waals surface area (Å²) in [5, 5.41) is 2.77. The number of rotatable bonds is 8. The molecule has 21 heavy (non-hydrogen) atoms. The van der Waals surface area contributed by atoms with Gasteiger partial charge < -0.3 is 11.1 Å². The number of nitrogens with one attached hydrogen (secondary N) is 1. The highest BCUT2D eigenvalue weighted by atomic mass is 32.2. The lowest BCUT2D eigenvalue weighted by Gasteiger charge is -2.16. The van der Waals surface area contributed by atoms with Crippen LogP contribution in [0.1, 0.15) is 26.7 Å². The molecule has 0 aliphatic carbocycles. The lowest BCUT2D eigenvalue weighted by Crippen LogP contribution is -2.23. The highest BCUT2D eigenvalue weighted by molar-refractivity contribution is 7.99. The van der Waals surface area contributed by atoms with Gasteiger partial charge in [-0.05, 0) is 49.1 Å². The molecule has 0 unspecified atom stereocenters. The Morgan fingerprint density at radius 2 is 1.90 bits per heavy atom. The summed E-state index contributed by atoms with van der Waals surface area (Å²) in [6.07, 6.45) is 1.29. The Morgan fingerprint density at radius 1 is 1.29 bits per heavy atom. The van der Waals surface area contributed by atoms with Crippen molar-refractivity contribution in [2.75, 3.05) is 11.9 Å². The standard InChI is InChI=1S/C15H22F2N2OS/c1-10(2)7-11(9-18)8-14(20)19-12-3-5-13(6-4-12)21-15(16)17/h3-6,10-11,15H,7-9,18H2,1-2H3,(H,19,20)/t11-/m0/s1. The second-order valence-electron chi connectivity index (χ2n) is 5.39. The quantitative estimate of drug-likeness (QED) is 0.714. The van der Waals surface area contributed by atoms with E-state index in [0.717, 1.165) is 6.42 Å². The second kappa shape index (κ2) is 9.00. The first-order chi connectivity index (χ1) is 9.90. The summed E-state index contributed by atoms with van der Waals surface area (Å²) in [5.74, 6) is -1.87. The zero-order valence-corrected chi connectivity index (χ0v) is 13.1. The Bertz CT molecular complexity index is 438. The molecule has 1 amide bonds. The van der Waals surface area contributed by atoms with Crippen LogP contribution >= 0.6 is 11.8 Å². The minimum Gasteiger partial charge on any atom is -0.330 e. The maximum absolute atomic E-state index is 12.2. The fraction of sp³-hybridized carbons (Fsp3) is 0.533. The van der Waals surface area contributed by atoms with E-state index < -0.39 is 5.76 Å². The fourth-order valence-corrected chi connectivity index (χ4v) is 2.62. The Balaban J connectivity index is 2.50. The third kappa shape index (κ3) is 7.43. The third-order valence-corrected chi connectivity index (χ3v) is 3.70. The van der Waals surface area contributed by atoms with Gasteiger partial charge in [-0.1, -0.05) is 25.6 Å². The lowest BCUT2D eigenvalue weighted by atomic mass is 9.94. The van der Waals surface area contributed by atoms with Crippen LogP contribution < -0.4 is 11.1 Å².